The molecule has 7 nitrogen and oxygen atoms in total. The van der Waals surface area contributed by atoms with Crippen LogP contribution in [0.1, 0.15) is 20.9 Å². The van der Waals surface area contributed by atoms with Crippen LogP contribution >= 0.6 is 11.3 Å². The van der Waals surface area contributed by atoms with Gasteiger partial charge in [-0.25, -0.2) is 13.9 Å². The van der Waals surface area contributed by atoms with Crippen molar-refractivity contribution in [1.82, 2.24) is 10.5 Å². The molecule has 0 radical (unpaired) electrons. The van der Waals surface area contributed by atoms with Crippen molar-refractivity contribution in [2.24, 2.45) is 0 Å². The number of carbonyl (C=O) groups excluding carboxylic acids is 1. The number of amides is 1. The van der Waals surface area contributed by atoms with Gasteiger partial charge in [0.1, 0.15) is 4.21 Å². The van der Waals surface area contributed by atoms with Crippen LogP contribution in [0.4, 0.5) is 5.69 Å². The molecule has 0 atom stereocenters. The summed E-state index contributed by atoms with van der Waals surface area (Å²) in [7, 11) is -2.27. The Morgan fingerprint density at radius 2 is 1.89 bits per heavy atom. The van der Waals surface area contributed by atoms with Crippen LogP contribution in [-0.4, -0.2) is 31.6 Å². The molecule has 9 heteroatoms. The molecule has 0 fully saturated rings. The normalized spacial score (nSPS) is 11.2. The molecule has 0 bridgehead atoms. The zero-order valence-electron chi connectivity index (χ0n) is 14.4. The van der Waals surface area contributed by atoms with Gasteiger partial charge >= 0.3 is 0 Å². The zero-order chi connectivity index (χ0) is 19.4. The first-order valence-corrected chi connectivity index (χ1v) is 10.2. The number of rotatable bonds is 6. The number of hydroxylamine groups is 1. The third-order valence-electron chi connectivity index (χ3n) is 3.93. The molecule has 0 aliphatic rings. The fraction of sp³-hybridized carbons (Fsp3) is 0.111. The topological polar surface area (TPSA) is 99.6 Å². The van der Waals surface area contributed by atoms with Crippen LogP contribution in [-0.2, 0) is 16.4 Å². The molecule has 2 N–H and O–H groups in total. The van der Waals surface area contributed by atoms with E-state index in [1.807, 2.05) is 18.2 Å². The lowest BCUT2D eigenvalue weighted by molar-refractivity contribution is 0.0706. The second-order valence-corrected chi connectivity index (χ2v) is 9.04. The number of nitrogens with zero attached hydrogens (tertiary/aromatic N) is 2. The van der Waals surface area contributed by atoms with Gasteiger partial charge in [-0.3, -0.25) is 19.3 Å². The molecule has 140 valence electrons. The van der Waals surface area contributed by atoms with E-state index in [0.29, 0.717) is 12.1 Å². The Hall–Kier alpha value is -2.75. The van der Waals surface area contributed by atoms with Crippen LogP contribution in [0.3, 0.4) is 0 Å². The summed E-state index contributed by atoms with van der Waals surface area (Å²) < 4.78 is 27.1. The van der Waals surface area contributed by atoms with Crippen LogP contribution in [0.5, 0.6) is 0 Å². The van der Waals surface area contributed by atoms with Gasteiger partial charge in [0.05, 0.1) is 5.69 Å². The lowest BCUT2D eigenvalue weighted by Gasteiger charge is -2.18. The molecule has 3 aromatic rings. The summed E-state index contributed by atoms with van der Waals surface area (Å²) >= 11 is 1.20. The summed E-state index contributed by atoms with van der Waals surface area (Å²) in [6.07, 6.45) is 2.27. The molecule has 0 aliphatic carbocycles. The molecule has 0 saturated carbocycles. The highest BCUT2D eigenvalue weighted by atomic mass is 32.2. The van der Waals surface area contributed by atoms with Crippen LogP contribution in [0.25, 0.3) is 0 Å². The minimum absolute atomic E-state index is 0.223. The number of hydrogen-bond acceptors (Lipinski definition) is 6. The number of anilines is 1. The van der Waals surface area contributed by atoms with Gasteiger partial charge in [-0.15, -0.1) is 11.3 Å². The molecular weight excluding hydrogens is 386 g/mol. The minimum Gasteiger partial charge on any atom is -0.288 e. The molecule has 3 rings (SSSR count). The van der Waals surface area contributed by atoms with Gasteiger partial charge in [0.25, 0.3) is 15.9 Å². The molecule has 0 unspecified atom stereocenters. The third-order valence-corrected chi connectivity index (χ3v) is 7.27. The van der Waals surface area contributed by atoms with Crippen molar-refractivity contribution in [1.29, 1.82) is 0 Å². The van der Waals surface area contributed by atoms with E-state index in [1.165, 1.54) is 48.1 Å². The van der Waals surface area contributed by atoms with Crippen molar-refractivity contribution in [2.75, 3.05) is 11.4 Å². The van der Waals surface area contributed by atoms with Crippen LogP contribution in [0.2, 0.25) is 0 Å². The third kappa shape index (κ3) is 4.16. The zero-order valence-corrected chi connectivity index (χ0v) is 16.0. The Bertz CT molecular complexity index is 1030. The predicted molar refractivity (Wildman–Crippen MR) is 103 cm³/mol. The molecule has 27 heavy (non-hydrogen) atoms. The highest BCUT2D eigenvalue weighted by molar-refractivity contribution is 7.94. The fourth-order valence-corrected chi connectivity index (χ4v) is 5.17. The number of hydrogen-bond donors (Lipinski definition) is 2. The highest BCUT2D eigenvalue weighted by Gasteiger charge is 2.23. The van der Waals surface area contributed by atoms with E-state index in [0.717, 1.165) is 14.9 Å². The van der Waals surface area contributed by atoms with Crippen molar-refractivity contribution in [3.63, 3.8) is 0 Å². The van der Waals surface area contributed by atoms with E-state index in [1.54, 1.807) is 18.3 Å². The molecule has 0 aliphatic heterocycles. The molecule has 2 heterocycles. The van der Waals surface area contributed by atoms with Crippen molar-refractivity contribution in [3.05, 3.63) is 76.9 Å². The van der Waals surface area contributed by atoms with Gasteiger partial charge < -0.3 is 0 Å². The molecule has 1 amide bonds. The van der Waals surface area contributed by atoms with Gasteiger partial charge in [-0.2, -0.15) is 0 Å². The van der Waals surface area contributed by atoms with E-state index >= 15 is 0 Å². The lowest BCUT2D eigenvalue weighted by atomic mass is 10.2. The second kappa shape index (κ2) is 7.87. The van der Waals surface area contributed by atoms with E-state index in [-0.39, 0.29) is 9.77 Å². The maximum absolute atomic E-state index is 12.9. The Balaban J connectivity index is 1.80. The molecule has 2 aromatic heterocycles. The van der Waals surface area contributed by atoms with E-state index < -0.39 is 15.9 Å². The first kappa shape index (κ1) is 19.0. The number of carbonyl (C=O) groups is 1. The summed E-state index contributed by atoms with van der Waals surface area (Å²) in [6, 6.07) is 14.9. The molecule has 1 aromatic carbocycles. The van der Waals surface area contributed by atoms with Gasteiger partial charge in [0.2, 0.25) is 0 Å². The average molecular weight is 403 g/mol. The number of pyridine rings is 1. The number of sulfonamides is 1. The quantitative estimate of drug-likeness (QED) is 0.487. The minimum atomic E-state index is -3.72. The smallest absolute Gasteiger partial charge is 0.274 e. The monoisotopic (exact) mass is 403 g/mol. The highest BCUT2D eigenvalue weighted by Crippen LogP contribution is 2.28. The second-order valence-electron chi connectivity index (χ2n) is 5.68. The van der Waals surface area contributed by atoms with E-state index in [4.69, 9.17) is 5.21 Å². The number of aromatic nitrogens is 1. The largest absolute Gasteiger partial charge is 0.288 e. The van der Waals surface area contributed by atoms with E-state index in [2.05, 4.69) is 4.98 Å². The predicted octanol–water partition coefficient (Wildman–Crippen LogP) is 2.68. The first-order valence-electron chi connectivity index (χ1n) is 7.94. The Morgan fingerprint density at radius 1 is 1.15 bits per heavy atom. The SMILES string of the molecule is CN(c1ccc(C(=O)NO)cc1)S(=O)(=O)c1ccc(Cc2ccccn2)s1. The number of benzene rings is 1. The lowest BCUT2D eigenvalue weighted by Crippen LogP contribution is -2.26. The Labute approximate surface area is 160 Å². The molecule has 0 spiro atoms. The van der Waals surface area contributed by atoms with Crippen molar-refractivity contribution in [3.8, 4) is 0 Å². The van der Waals surface area contributed by atoms with E-state index in [9.17, 15) is 13.2 Å². The van der Waals surface area contributed by atoms with Gasteiger partial charge in [-0.05, 0) is 48.5 Å². The van der Waals surface area contributed by atoms with Crippen molar-refractivity contribution < 1.29 is 18.4 Å². The number of thiophene rings is 1. The van der Waals surface area contributed by atoms with Gasteiger partial charge in [0, 0.05) is 35.8 Å². The van der Waals surface area contributed by atoms with Crippen molar-refractivity contribution in [2.45, 2.75) is 10.6 Å². The maximum atomic E-state index is 12.9. The maximum Gasteiger partial charge on any atom is 0.274 e. The van der Waals surface area contributed by atoms with Crippen molar-refractivity contribution >= 4 is 33.0 Å². The summed E-state index contributed by atoms with van der Waals surface area (Å²) in [5.41, 5.74) is 3.03. The summed E-state index contributed by atoms with van der Waals surface area (Å²) in [6.45, 7) is 0. The van der Waals surface area contributed by atoms with Crippen LogP contribution in [0.15, 0.2) is 65.0 Å². The van der Waals surface area contributed by atoms with Crippen LogP contribution in [0, 0.1) is 0 Å². The standard InChI is InChI=1S/C18H17N3O4S2/c1-21(15-7-5-13(6-8-15)18(22)20-23)27(24,25)17-10-9-16(26-17)12-14-4-2-3-11-19-14/h2-11,23H,12H2,1H3,(H,20,22). The summed E-state index contributed by atoms with van der Waals surface area (Å²) in [5, 5.41) is 8.64. The Morgan fingerprint density at radius 3 is 2.52 bits per heavy atom. The first-order chi connectivity index (χ1) is 12.9. The fourth-order valence-electron chi connectivity index (χ4n) is 2.43. The number of nitrogens with one attached hydrogen (secondary N) is 1. The van der Waals surface area contributed by atoms with Gasteiger partial charge in [0.15, 0.2) is 0 Å². The Kier molecular flexibility index (Phi) is 5.54. The molecule has 0 saturated heterocycles. The summed E-state index contributed by atoms with van der Waals surface area (Å²) in [4.78, 5) is 16.5. The van der Waals surface area contributed by atoms with Gasteiger partial charge in [-0.1, -0.05) is 6.07 Å². The summed E-state index contributed by atoms with van der Waals surface area (Å²) in [5.74, 6) is -0.663. The van der Waals surface area contributed by atoms with Crippen LogP contribution < -0.4 is 9.79 Å². The molecular formula is C18H17N3O4S2. The average Bonchev–Trinajstić information content (AvgIpc) is 3.17.